The van der Waals surface area contributed by atoms with Crippen molar-refractivity contribution in [1.82, 2.24) is 15.1 Å². The Balaban J connectivity index is 0.00000112. The van der Waals surface area contributed by atoms with Crippen LogP contribution in [0.25, 0.3) is 0 Å². The maximum atomic E-state index is 3.40. The zero-order valence-electron chi connectivity index (χ0n) is 8.87. The van der Waals surface area contributed by atoms with Crippen LogP contribution in [0.1, 0.15) is 7.43 Å². The third kappa shape index (κ3) is 3.68. The molecule has 0 bridgehead atoms. The Labute approximate surface area is 93.4 Å². The van der Waals surface area contributed by atoms with Gasteiger partial charge in [0, 0.05) is 45.0 Å². The van der Waals surface area contributed by atoms with Crippen LogP contribution < -0.4 is 5.32 Å². The Bertz CT molecular complexity index is 237. The minimum Gasteiger partial charge on any atom is -0.384 e. The molecule has 3 heteroatoms. The molecule has 0 unspecified atom stereocenters. The third-order valence-corrected chi connectivity index (χ3v) is 2.87. The van der Waals surface area contributed by atoms with Gasteiger partial charge in [-0.3, -0.25) is 4.90 Å². The fraction of sp³-hybridized carbons (Fsp3) is 0.667. The van der Waals surface area contributed by atoms with E-state index in [-0.39, 0.29) is 7.43 Å². The molecule has 0 amide bonds. The normalized spacial score (nSPS) is 22.9. The van der Waals surface area contributed by atoms with E-state index in [1.807, 2.05) is 0 Å². The number of hydrogen-bond donors (Lipinski definition) is 1. The van der Waals surface area contributed by atoms with E-state index in [4.69, 9.17) is 0 Å². The van der Waals surface area contributed by atoms with Crippen LogP contribution in [-0.2, 0) is 0 Å². The Morgan fingerprint density at radius 2 is 2.00 bits per heavy atom. The Hall–Kier alpha value is -0.800. The number of allylic oxidation sites excluding steroid dienone is 2. The van der Waals surface area contributed by atoms with Crippen molar-refractivity contribution in [3.05, 3.63) is 23.9 Å². The van der Waals surface area contributed by atoms with Crippen LogP contribution >= 0.6 is 0 Å². The van der Waals surface area contributed by atoms with E-state index >= 15 is 0 Å². The molecular weight excluding hydrogens is 186 g/mol. The highest BCUT2D eigenvalue weighted by atomic mass is 15.2. The maximum absolute atomic E-state index is 3.40. The van der Waals surface area contributed by atoms with Crippen molar-refractivity contribution in [2.75, 3.05) is 46.3 Å². The summed E-state index contributed by atoms with van der Waals surface area (Å²) in [5.74, 6) is 0. The van der Waals surface area contributed by atoms with Crippen molar-refractivity contribution >= 4 is 0 Å². The number of likely N-dealkylation sites (N-methyl/N-ethyl adjacent to an activating group) is 1. The van der Waals surface area contributed by atoms with Crippen molar-refractivity contribution in [3.8, 4) is 0 Å². The van der Waals surface area contributed by atoms with Crippen LogP contribution in [0.5, 0.6) is 0 Å². The van der Waals surface area contributed by atoms with Crippen LogP contribution in [0, 0.1) is 0 Å². The van der Waals surface area contributed by atoms with Gasteiger partial charge in [0.1, 0.15) is 0 Å². The minimum absolute atomic E-state index is 0. The van der Waals surface area contributed by atoms with Gasteiger partial charge in [0.25, 0.3) is 0 Å². The molecule has 0 atom stereocenters. The second-order valence-corrected chi connectivity index (χ2v) is 4.08. The molecule has 3 nitrogen and oxygen atoms in total. The molecule has 2 aliphatic rings. The van der Waals surface area contributed by atoms with Crippen molar-refractivity contribution in [2.45, 2.75) is 7.43 Å². The molecule has 2 rings (SSSR count). The smallest absolute Gasteiger partial charge is 0.0382 e. The molecule has 1 fully saturated rings. The fourth-order valence-electron chi connectivity index (χ4n) is 1.86. The lowest BCUT2D eigenvalue weighted by Gasteiger charge is -2.33. The molecule has 0 aromatic heterocycles. The zero-order chi connectivity index (χ0) is 9.80. The summed E-state index contributed by atoms with van der Waals surface area (Å²) < 4.78 is 0. The van der Waals surface area contributed by atoms with E-state index in [0.717, 1.165) is 13.1 Å². The van der Waals surface area contributed by atoms with Crippen LogP contribution in [0.3, 0.4) is 0 Å². The molecule has 1 N–H and O–H groups in total. The molecule has 2 aliphatic heterocycles. The standard InChI is InChI=1S/C11H19N3.CH4/c1-13-6-8-14(9-7-13)10-11-4-2-3-5-12-11;/h2-4,12H,5-10H2,1H3;1H4. The Morgan fingerprint density at radius 3 is 2.60 bits per heavy atom. The summed E-state index contributed by atoms with van der Waals surface area (Å²) in [5, 5.41) is 3.40. The molecule has 86 valence electrons. The molecule has 0 aromatic rings. The van der Waals surface area contributed by atoms with Crippen molar-refractivity contribution < 1.29 is 0 Å². The Kier molecular flexibility index (Phi) is 4.85. The SMILES string of the molecule is C.CN1CCN(CC2=CC=CCN2)CC1. The molecular formula is C12H23N3. The average molecular weight is 209 g/mol. The van der Waals surface area contributed by atoms with Gasteiger partial charge in [-0.15, -0.1) is 0 Å². The lowest BCUT2D eigenvalue weighted by atomic mass is 10.2. The zero-order valence-corrected chi connectivity index (χ0v) is 8.87. The largest absolute Gasteiger partial charge is 0.384 e. The van der Waals surface area contributed by atoms with Gasteiger partial charge in [-0.05, 0) is 13.1 Å². The first-order valence-electron chi connectivity index (χ1n) is 5.35. The lowest BCUT2D eigenvalue weighted by Crippen LogP contribution is -2.46. The van der Waals surface area contributed by atoms with Crippen LogP contribution in [0.4, 0.5) is 0 Å². The topological polar surface area (TPSA) is 18.5 Å². The van der Waals surface area contributed by atoms with Gasteiger partial charge in [0.15, 0.2) is 0 Å². The van der Waals surface area contributed by atoms with Crippen LogP contribution in [0.15, 0.2) is 23.9 Å². The fourth-order valence-corrected chi connectivity index (χ4v) is 1.86. The maximum Gasteiger partial charge on any atom is 0.0382 e. The van der Waals surface area contributed by atoms with E-state index in [2.05, 4.69) is 40.4 Å². The summed E-state index contributed by atoms with van der Waals surface area (Å²) in [6.07, 6.45) is 6.47. The number of rotatable bonds is 2. The highest BCUT2D eigenvalue weighted by Gasteiger charge is 2.14. The monoisotopic (exact) mass is 209 g/mol. The third-order valence-electron chi connectivity index (χ3n) is 2.87. The van der Waals surface area contributed by atoms with Gasteiger partial charge in [0.05, 0.1) is 0 Å². The molecule has 15 heavy (non-hydrogen) atoms. The van der Waals surface area contributed by atoms with Crippen LogP contribution in [0.2, 0.25) is 0 Å². The molecule has 0 aliphatic carbocycles. The highest BCUT2D eigenvalue weighted by Crippen LogP contribution is 2.04. The van der Waals surface area contributed by atoms with Gasteiger partial charge >= 0.3 is 0 Å². The lowest BCUT2D eigenvalue weighted by molar-refractivity contribution is 0.162. The van der Waals surface area contributed by atoms with E-state index < -0.39 is 0 Å². The van der Waals surface area contributed by atoms with Crippen molar-refractivity contribution in [1.29, 1.82) is 0 Å². The molecule has 0 radical (unpaired) electrons. The van der Waals surface area contributed by atoms with Crippen molar-refractivity contribution in [3.63, 3.8) is 0 Å². The summed E-state index contributed by atoms with van der Waals surface area (Å²) in [6, 6.07) is 0. The van der Waals surface area contributed by atoms with Crippen molar-refractivity contribution in [2.24, 2.45) is 0 Å². The first kappa shape index (κ1) is 12.3. The predicted molar refractivity (Wildman–Crippen MR) is 65.9 cm³/mol. The number of hydrogen-bond acceptors (Lipinski definition) is 3. The van der Waals surface area contributed by atoms with Gasteiger partial charge in [-0.1, -0.05) is 19.6 Å². The van der Waals surface area contributed by atoms with E-state index in [1.165, 1.54) is 31.9 Å². The summed E-state index contributed by atoms with van der Waals surface area (Å²) in [7, 11) is 2.19. The van der Waals surface area contributed by atoms with Gasteiger partial charge in [0.2, 0.25) is 0 Å². The molecule has 1 saturated heterocycles. The molecule has 0 aromatic carbocycles. The quantitative estimate of drug-likeness (QED) is 0.729. The summed E-state index contributed by atoms with van der Waals surface area (Å²) in [4.78, 5) is 4.90. The second-order valence-electron chi connectivity index (χ2n) is 4.08. The first-order chi connectivity index (χ1) is 6.84. The summed E-state index contributed by atoms with van der Waals surface area (Å²) in [5.41, 5.74) is 1.36. The number of dihydropyridines is 1. The Morgan fingerprint density at radius 1 is 1.27 bits per heavy atom. The van der Waals surface area contributed by atoms with E-state index in [0.29, 0.717) is 0 Å². The second kappa shape index (κ2) is 5.93. The van der Waals surface area contributed by atoms with E-state index in [1.54, 1.807) is 0 Å². The predicted octanol–water partition coefficient (Wildman–Crippen LogP) is 0.913. The minimum atomic E-state index is 0. The van der Waals surface area contributed by atoms with Gasteiger partial charge < -0.3 is 10.2 Å². The summed E-state index contributed by atoms with van der Waals surface area (Å²) in [6.45, 7) is 6.85. The van der Waals surface area contributed by atoms with Gasteiger partial charge in [-0.2, -0.15) is 0 Å². The van der Waals surface area contributed by atoms with Crippen LogP contribution in [-0.4, -0.2) is 56.1 Å². The molecule has 2 heterocycles. The number of nitrogens with zero attached hydrogens (tertiary/aromatic N) is 2. The summed E-state index contributed by atoms with van der Waals surface area (Å²) >= 11 is 0. The van der Waals surface area contributed by atoms with Gasteiger partial charge in [-0.25, -0.2) is 0 Å². The van der Waals surface area contributed by atoms with E-state index in [9.17, 15) is 0 Å². The number of piperazine rings is 1. The first-order valence-corrected chi connectivity index (χ1v) is 5.35. The molecule has 0 spiro atoms. The highest BCUT2D eigenvalue weighted by molar-refractivity contribution is 5.17. The average Bonchev–Trinajstić information content (AvgIpc) is 2.23. The molecule has 0 saturated carbocycles. The number of nitrogens with one attached hydrogen (secondary N) is 1.